The van der Waals surface area contributed by atoms with Crippen molar-refractivity contribution in [3.05, 3.63) is 48.0 Å². The number of nitrogens with zero attached hydrogens (tertiary/aromatic N) is 1. The number of carbonyl (C=O) groups excluding carboxylic acids is 1. The van der Waals surface area contributed by atoms with Crippen LogP contribution in [0.25, 0.3) is 0 Å². The molecule has 2 aromatic rings. The van der Waals surface area contributed by atoms with Crippen LogP contribution in [0.2, 0.25) is 0 Å². The fourth-order valence-corrected chi connectivity index (χ4v) is 4.89. The SMILES string of the molecule is COC1OCC[C@@H]1NC(=O)[C@H](CC(C)C)N=C(N)c1ccc2c(c1)Nc1ccccc1S2.I. The predicted octanol–water partition coefficient (Wildman–Crippen LogP) is 4.51. The summed E-state index contributed by atoms with van der Waals surface area (Å²) in [7, 11) is 1.58. The standard InChI is InChI=1S/C24H30N4O3S.HI/c1-14(2)12-19(23(29)28-17-10-11-31-24(17)30-3)27-22(25)15-8-9-21-18(13-15)26-16-6-4-5-7-20(16)32-21;/h4-9,13-14,17,19,24,26H,10-12H2,1-3H3,(H2,25,27)(H,28,29);1H/t17-,19-,24?;/m0./s1. The molecule has 0 saturated carbocycles. The molecule has 7 nitrogen and oxygen atoms in total. The lowest BCUT2D eigenvalue weighted by molar-refractivity contribution is -0.129. The summed E-state index contributed by atoms with van der Waals surface area (Å²) in [4.78, 5) is 20.0. The molecule has 2 aliphatic heterocycles. The number of amides is 1. The Labute approximate surface area is 216 Å². The molecule has 1 amide bonds. The van der Waals surface area contributed by atoms with E-state index < -0.39 is 12.3 Å². The summed E-state index contributed by atoms with van der Waals surface area (Å²) in [6.07, 6.45) is 0.893. The Morgan fingerprint density at radius 2 is 2.03 bits per heavy atom. The van der Waals surface area contributed by atoms with Gasteiger partial charge in [0.2, 0.25) is 5.91 Å². The molecule has 1 saturated heterocycles. The van der Waals surface area contributed by atoms with Crippen molar-refractivity contribution in [1.29, 1.82) is 0 Å². The minimum absolute atomic E-state index is 0. The van der Waals surface area contributed by atoms with Gasteiger partial charge in [-0.05, 0) is 43.0 Å². The maximum absolute atomic E-state index is 13.0. The molecular formula is C24H31IN4O3S. The Kier molecular flexibility index (Phi) is 9.02. The molecule has 178 valence electrons. The molecular weight excluding hydrogens is 551 g/mol. The number of hydrogen-bond donors (Lipinski definition) is 3. The molecule has 1 unspecified atom stereocenters. The van der Waals surface area contributed by atoms with Crippen LogP contribution in [0, 0.1) is 5.92 Å². The van der Waals surface area contributed by atoms with Gasteiger partial charge in [-0.15, -0.1) is 24.0 Å². The number of hydrogen-bond acceptors (Lipinski definition) is 6. The predicted molar refractivity (Wildman–Crippen MR) is 143 cm³/mol. The Hall–Kier alpha value is -1.82. The first-order valence-electron chi connectivity index (χ1n) is 10.9. The van der Waals surface area contributed by atoms with Gasteiger partial charge in [-0.25, -0.2) is 0 Å². The minimum atomic E-state index is -0.577. The van der Waals surface area contributed by atoms with Crippen LogP contribution in [0.15, 0.2) is 57.2 Å². The van der Waals surface area contributed by atoms with E-state index in [2.05, 4.69) is 41.6 Å². The first kappa shape index (κ1) is 25.8. The van der Waals surface area contributed by atoms with Crippen molar-refractivity contribution in [3.8, 4) is 0 Å². The number of nitrogens with two attached hydrogens (primary N) is 1. The Bertz CT molecular complexity index is 1020. The number of rotatable bonds is 7. The van der Waals surface area contributed by atoms with Crippen molar-refractivity contribution >= 4 is 58.9 Å². The van der Waals surface area contributed by atoms with Gasteiger partial charge < -0.3 is 25.8 Å². The molecule has 0 bridgehead atoms. The van der Waals surface area contributed by atoms with E-state index in [4.69, 9.17) is 15.2 Å². The summed E-state index contributed by atoms with van der Waals surface area (Å²) in [5, 5.41) is 6.50. The van der Waals surface area contributed by atoms with E-state index in [0.717, 1.165) is 21.8 Å². The fraction of sp³-hybridized carbons (Fsp3) is 0.417. The number of halogens is 1. The molecule has 33 heavy (non-hydrogen) atoms. The lowest BCUT2D eigenvalue weighted by Crippen LogP contribution is -2.46. The number of ether oxygens (including phenoxy) is 2. The van der Waals surface area contributed by atoms with E-state index in [-0.39, 0.29) is 35.9 Å². The zero-order chi connectivity index (χ0) is 22.7. The fourth-order valence-electron chi connectivity index (χ4n) is 3.92. The second-order valence-corrected chi connectivity index (χ2v) is 9.56. The Morgan fingerprint density at radius 1 is 1.27 bits per heavy atom. The Morgan fingerprint density at radius 3 is 2.79 bits per heavy atom. The monoisotopic (exact) mass is 582 g/mol. The number of anilines is 2. The normalized spacial score (nSPS) is 20.3. The van der Waals surface area contributed by atoms with Crippen LogP contribution >= 0.6 is 35.7 Å². The zero-order valence-electron chi connectivity index (χ0n) is 19.0. The smallest absolute Gasteiger partial charge is 0.245 e. The van der Waals surface area contributed by atoms with E-state index in [1.165, 1.54) is 4.90 Å². The molecule has 4 rings (SSSR count). The lowest BCUT2D eigenvalue weighted by atomic mass is 10.0. The van der Waals surface area contributed by atoms with E-state index in [1.54, 1.807) is 18.9 Å². The number of carbonyl (C=O) groups is 1. The van der Waals surface area contributed by atoms with E-state index in [9.17, 15) is 4.79 Å². The summed E-state index contributed by atoms with van der Waals surface area (Å²) in [5.74, 6) is 0.489. The van der Waals surface area contributed by atoms with Crippen molar-refractivity contribution in [3.63, 3.8) is 0 Å². The van der Waals surface area contributed by atoms with Crippen molar-refractivity contribution in [1.82, 2.24) is 5.32 Å². The average Bonchev–Trinajstić information content (AvgIpc) is 3.23. The van der Waals surface area contributed by atoms with Gasteiger partial charge in [-0.1, -0.05) is 43.8 Å². The molecule has 9 heteroatoms. The van der Waals surface area contributed by atoms with Crippen molar-refractivity contribution in [2.75, 3.05) is 19.0 Å². The third-order valence-electron chi connectivity index (χ3n) is 5.54. The minimum Gasteiger partial charge on any atom is -0.383 e. The van der Waals surface area contributed by atoms with Crippen LogP contribution in [0.4, 0.5) is 11.4 Å². The second-order valence-electron chi connectivity index (χ2n) is 8.47. The van der Waals surface area contributed by atoms with Crippen LogP contribution in [-0.4, -0.2) is 43.8 Å². The highest BCUT2D eigenvalue weighted by molar-refractivity contribution is 14.0. The molecule has 2 heterocycles. The van der Waals surface area contributed by atoms with E-state index in [1.807, 2.05) is 30.3 Å². The van der Waals surface area contributed by atoms with E-state index >= 15 is 0 Å². The van der Waals surface area contributed by atoms with Crippen molar-refractivity contribution in [2.24, 2.45) is 16.6 Å². The van der Waals surface area contributed by atoms with Gasteiger partial charge in [0, 0.05) is 22.5 Å². The number of methoxy groups -OCH3 is 1. The topological polar surface area (TPSA) is 98.0 Å². The van der Waals surface area contributed by atoms with Gasteiger partial charge in [0.05, 0.1) is 24.0 Å². The van der Waals surface area contributed by atoms with Crippen LogP contribution in [0.3, 0.4) is 0 Å². The molecule has 0 spiro atoms. The molecule has 0 aromatic heterocycles. The number of benzene rings is 2. The number of aliphatic imine (C=N–C) groups is 1. The summed E-state index contributed by atoms with van der Waals surface area (Å²) in [6, 6.07) is 13.4. The highest BCUT2D eigenvalue weighted by Crippen LogP contribution is 2.44. The molecule has 3 atom stereocenters. The number of para-hydroxylation sites is 1. The van der Waals surface area contributed by atoms with Crippen LogP contribution < -0.4 is 16.4 Å². The molecule has 4 N–H and O–H groups in total. The first-order chi connectivity index (χ1) is 15.4. The van der Waals surface area contributed by atoms with Gasteiger partial charge >= 0.3 is 0 Å². The van der Waals surface area contributed by atoms with Gasteiger partial charge in [0.15, 0.2) is 6.29 Å². The zero-order valence-corrected chi connectivity index (χ0v) is 22.2. The molecule has 2 aromatic carbocycles. The summed E-state index contributed by atoms with van der Waals surface area (Å²) in [6.45, 7) is 4.70. The van der Waals surface area contributed by atoms with Gasteiger partial charge in [0.25, 0.3) is 0 Å². The van der Waals surface area contributed by atoms with Gasteiger partial charge in [0.1, 0.15) is 11.9 Å². The van der Waals surface area contributed by atoms with Crippen molar-refractivity contribution < 1.29 is 14.3 Å². The molecule has 0 aliphatic carbocycles. The summed E-state index contributed by atoms with van der Waals surface area (Å²) >= 11 is 1.72. The third-order valence-corrected chi connectivity index (χ3v) is 6.70. The van der Waals surface area contributed by atoms with Gasteiger partial charge in [-0.2, -0.15) is 0 Å². The maximum Gasteiger partial charge on any atom is 0.245 e. The second kappa shape index (κ2) is 11.5. The molecule has 1 fully saturated rings. The maximum atomic E-state index is 13.0. The van der Waals surface area contributed by atoms with Crippen LogP contribution in [0.1, 0.15) is 32.3 Å². The van der Waals surface area contributed by atoms with Crippen molar-refractivity contribution in [2.45, 2.75) is 54.9 Å². The highest BCUT2D eigenvalue weighted by atomic mass is 127. The largest absolute Gasteiger partial charge is 0.383 e. The van der Waals surface area contributed by atoms with Crippen LogP contribution in [-0.2, 0) is 14.3 Å². The summed E-state index contributed by atoms with van der Waals surface area (Å²) < 4.78 is 10.8. The number of nitrogens with one attached hydrogen (secondary N) is 2. The third kappa shape index (κ3) is 6.20. The van der Waals surface area contributed by atoms with Crippen LogP contribution in [0.5, 0.6) is 0 Å². The van der Waals surface area contributed by atoms with Gasteiger partial charge in [-0.3, -0.25) is 9.79 Å². The quantitative estimate of drug-likeness (QED) is 0.216. The summed E-state index contributed by atoms with van der Waals surface area (Å²) in [5.41, 5.74) is 9.23. The Balaban J connectivity index is 0.00000306. The number of fused-ring (bicyclic) bond motifs is 2. The molecule has 2 aliphatic rings. The lowest BCUT2D eigenvalue weighted by Gasteiger charge is -2.23. The highest BCUT2D eigenvalue weighted by Gasteiger charge is 2.32. The average molecular weight is 583 g/mol. The number of amidine groups is 1. The molecule has 0 radical (unpaired) electrons. The van der Waals surface area contributed by atoms with E-state index in [0.29, 0.717) is 31.2 Å². The first-order valence-corrected chi connectivity index (χ1v) is 11.7.